The molecule has 2 amide bonds. The number of amides is 2. The predicted octanol–water partition coefficient (Wildman–Crippen LogP) is 5.91. The molecule has 0 heterocycles. The molecule has 0 radical (unpaired) electrons. The topological polar surface area (TPSA) is 67.9 Å². The molecule has 8 heteroatoms. The summed E-state index contributed by atoms with van der Waals surface area (Å²) < 4.78 is 11.3. The molecule has 0 bridgehead atoms. The summed E-state index contributed by atoms with van der Waals surface area (Å²) in [5.41, 5.74) is 1.76. The van der Waals surface area contributed by atoms with Gasteiger partial charge in [-0.05, 0) is 68.5 Å². The summed E-state index contributed by atoms with van der Waals surface area (Å²) >= 11 is 12.2. The van der Waals surface area contributed by atoms with Crippen LogP contribution in [0, 0.1) is 5.92 Å². The van der Waals surface area contributed by atoms with Crippen LogP contribution in [0.1, 0.15) is 52.2 Å². The minimum Gasteiger partial charge on any atom is -0.490 e. The smallest absolute Gasteiger partial charge is 0.242 e. The number of hydrogen-bond acceptors (Lipinski definition) is 4. The van der Waals surface area contributed by atoms with Gasteiger partial charge in [0, 0.05) is 19.5 Å². The lowest BCUT2D eigenvalue weighted by molar-refractivity contribution is -0.140. The maximum atomic E-state index is 13.4. The third-order valence-electron chi connectivity index (χ3n) is 5.42. The summed E-state index contributed by atoms with van der Waals surface area (Å²) in [7, 11) is 0. The third kappa shape index (κ3) is 8.93. The Labute approximate surface area is 218 Å². The monoisotopic (exact) mass is 522 g/mol. The number of benzene rings is 2. The largest absolute Gasteiger partial charge is 0.490 e. The van der Waals surface area contributed by atoms with Crippen LogP contribution in [0.25, 0.3) is 0 Å². The minimum absolute atomic E-state index is 0.130. The first-order valence-electron chi connectivity index (χ1n) is 12.1. The molecule has 0 spiro atoms. The number of nitrogens with zero attached hydrogens (tertiary/aromatic N) is 1. The zero-order valence-corrected chi connectivity index (χ0v) is 22.7. The third-order valence-corrected chi connectivity index (χ3v) is 6.16. The lowest BCUT2D eigenvalue weighted by atomic mass is 10.1. The van der Waals surface area contributed by atoms with E-state index >= 15 is 0 Å². The van der Waals surface area contributed by atoms with Gasteiger partial charge in [-0.3, -0.25) is 9.59 Å². The molecule has 192 valence electrons. The molecule has 2 rings (SSSR count). The quantitative estimate of drug-likeness (QED) is 0.354. The van der Waals surface area contributed by atoms with Gasteiger partial charge in [-0.1, -0.05) is 49.2 Å². The average Bonchev–Trinajstić information content (AvgIpc) is 2.82. The molecule has 0 aliphatic rings. The first-order valence-corrected chi connectivity index (χ1v) is 12.8. The first kappa shape index (κ1) is 28.8. The highest BCUT2D eigenvalue weighted by Gasteiger charge is 2.26. The molecule has 0 saturated carbocycles. The summed E-state index contributed by atoms with van der Waals surface area (Å²) in [6.07, 6.45) is 0.742. The molecular formula is C27H36Cl2N2O4. The number of rotatable bonds is 13. The lowest BCUT2D eigenvalue weighted by Crippen LogP contribution is -2.48. The van der Waals surface area contributed by atoms with E-state index in [0.717, 1.165) is 11.1 Å². The van der Waals surface area contributed by atoms with E-state index < -0.39 is 6.04 Å². The van der Waals surface area contributed by atoms with E-state index in [2.05, 4.69) is 5.32 Å². The number of aryl methyl sites for hydroxylation is 1. The van der Waals surface area contributed by atoms with E-state index in [1.807, 2.05) is 52.0 Å². The number of halogens is 2. The Morgan fingerprint density at radius 2 is 1.57 bits per heavy atom. The highest BCUT2D eigenvalue weighted by Crippen LogP contribution is 2.29. The molecule has 2 aromatic carbocycles. The molecule has 2 aromatic rings. The molecular weight excluding hydrogens is 487 g/mol. The summed E-state index contributed by atoms with van der Waals surface area (Å²) in [4.78, 5) is 27.8. The molecule has 1 unspecified atom stereocenters. The van der Waals surface area contributed by atoms with E-state index in [0.29, 0.717) is 53.6 Å². The summed E-state index contributed by atoms with van der Waals surface area (Å²) in [5, 5.41) is 3.78. The molecule has 0 fully saturated rings. The van der Waals surface area contributed by atoms with Crippen molar-refractivity contribution in [3.8, 4) is 11.5 Å². The molecule has 1 N–H and O–H groups in total. The Morgan fingerprint density at radius 1 is 0.914 bits per heavy atom. The fourth-order valence-electron chi connectivity index (χ4n) is 3.52. The fourth-order valence-corrected chi connectivity index (χ4v) is 3.84. The van der Waals surface area contributed by atoms with Crippen LogP contribution >= 0.6 is 23.2 Å². The molecule has 0 aliphatic heterocycles. The van der Waals surface area contributed by atoms with Crippen molar-refractivity contribution in [2.24, 2.45) is 5.92 Å². The molecule has 35 heavy (non-hydrogen) atoms. The van der Waals surface area contributed by atoms with Crippen LogP contribution in [0.5, 0.6) is 11.5 Å². The number of ether oxygens (including phenoxy) is 2. The second-order valence-electron chi connectivity index (χ2n) is 8.73. The number of nitrogens with one attached hydrogen (secondary N) is 1. The van der Waals surface area contributed by atoms with Gasteiger partial charge in [0.15, 0.2) is 11.5 Å². The summed E-state index contributed by atoms with van der Waals surface area (Å²) in [6.45, 7) is 11.5. The standard InChI is InChI=1S/C27H36Cl2N2O4/c1-6-34-24-12-9-20(15-25(24)35-7-2)10-13-26(32)31(19(5)27(33)30-16-18(3)4)17-21-8-11-22(28)23(29)14-21/h8-9,11-12,14-15,18-19H,6-7,10,13,16-17H2,1-5H3,(H,30,33). The van der Waals surface area contributed by atoms with E-state index in [4.69, 9.17) is 32.7 Å². The predicted molar refractivity (Wildman–Crippen MR) is 141 cm³/mol. The van der Waals surface area contributed by atoms with Crippen molar-refractivity contribution in [1.82, 2.24) is 10.2 Å². The zero-order chi connectivity index (χ0) is 26.0. The number of carbonyl (C=O) groups is 2. The van der Waals surface area contributed by atoms with Gasteiger partial charge in [0.05, 0.1) is 23.3 Å². The zero-order valence-electron chi connectivity index (χ0n) is 21.2. The second kappa shape index (κ2) is 14.2. The Kier molecular flexibility index (Phi) is 11.7. The SMILES string of the molecule is CCOc1ccc(CCC(=O)N(Cc2ccc(Cl)c(Cl)c2)C(C)C(=O)NCC(C)C)cc1OCC. The van der Waals surface area contributed by atoms with Gasteiger partial charge in [-0.15, -0.1) is 0 Å². The number of carbonyl (C=O) groups excluding carboxylic acids is 2. The molecule has 6 nitrogen and oxygen atoms in total. The molecule has 0 saturated heterocycles. The van der Waals surface area contributed by atoms with Crippen LogP contribution in [0.2, 0.25) is 10.0 Å². The van der Waals surface area contributed by atoms with E-state index in [9.17, 15) is 9.59 Å². The van der Waals surface area contributed by atoms with Gasteiger partial charge in [0.1, 0.15) is 6.04 Å². The molecule has 1 atom stereocenters. The van der Waals surface area contributed by atoms with E-state index in [1.54, 1.807) is 24.0 Å². The average molecular weight is 524 g/mol. The molecule has 0 aromatic heterocycles. The van der Waals surface area contributed by atoms with Crippen LogP contribution < -0.4 is 14.8 Å². The second-order valence-corrected chi connectivity index (χ2v) is 9.55. The Balaban J connectivity index is 2.19. The maximum Gasteiger partial charge on any atom is 0.242 e. The molecule has 0 aliphatic carbocycles. The van der Waals surface area contributed by atoms with Crippen LogP contribution in [-0.2, 0) is 22.6 Å². The van der Waals surface area contributed by atoms with Crippen molar-refractivity contribution in [3.05, 3.63) is 57.6 Å². The first-order chi connectivity index (χ1) is 16.7. The van der Waals surface area contributed by atoms with Crippen LogP contribution in [0.3, 0.4) is 0 Å². The van der Waals surface area contributed by atoms with Crippen molar-refractivity contribution >= 4 is 35.0 Å². The van der Waals surface area contributed by atoms with Crippen molar-refractivity contribution in [2.75, 3.05) is 19.8 Å². The van der Waals surface area contributed by atoms with E-state index in [1.165, 1.54) is 0 Å². The highest BCUT2D eigenvalue weighted by molar-refractivity contribution is 6.42. The van der Waals surface area contributed by atoms with Crippen molar-refractivity contribution in [1.29, 1.82) is 0 Å². The normalized spacial score (nSPS) is 11.8. The van der Waals surface area contributed by atoms with Crippen LogP contribution in [-0.4, -0.2) is 42.5 Å². The Hall–Kier alpha value is -2.44. The van der Waals surface area contributed by atoms with Crippen molar-refractivity contribution < 1.29 is 19.1 Å². The maximum absolute atomic E-state index is 13.4. The Morgan fingerprint density at radius 3 is 2.20 bits per heavy atom. The van der Waals surface area contributed by atoms with Crippen LogP contribution in [0.4, 0.5) is 0 Å². The number of hydrogen-bond donors (Lipinski definition) is 1. The van der Waals surface area contributed by atoms with E-state index in [-0.39, 0.29) is 24.8 Å². The summed E-state index contributed by atoms with van der Waals surface area (Å²) in [6, 6.07) is 10.3. The van der Waals surface area contributed by atoms with Gasteiger partial charge in [0.25, 0.3) is 0 Å². The van der Waals surface area contributed by atoms with Gasteiger partial charge >= 0.3 is 0 Å². The van der Waals surface area contributed by atoms with Crippen molar-refractivity contribution in [3.63, 3.8) is 0 Å². The van der Waals surface area contributed by atoms with Gasteiger partial charge in [-0.2, -0.15) is 0 Å². The minimum atomic E-state index is -0.644. The van der Waals surface area contributed by atoms with Crippen LogP contribution in [0.15, 0.2) is 36.4 Å². The lowest BCUT2D eigenvalue weighted by Gasteiger charge is -2.29. The Bertz CT molecular complexity index is 997. The summed E-state index contributed by atoms with van der Waals surface area (Å²) in [5.74, 6) is 1.33. The fraction of sp³-hybridized carbons (Fsp3) is 0.481. The van der Waals surface area contributed by atoms with Crippen molar-refractivity contribution in [2.45, 2.75) is 60.0 Å². The van der Waals surface area contributed by atoms with Gasteiger partial charge in [-0.25, -0.2) is 0 Å². The highest BCUT2D eigenvalue weighted by atomic mass is 35.5. The van der Waals surface area contributed by atoms with Gasteiger partial charge < -0.3 is 19.7 Å². The van der Waals surface area contributed by atoms with Gasteiger partial charge in [0.2, 0.25) is 11.8 Å².